The van der Waals surface area contributed by atoms with E-state index in [1.54, 1.807) is 12.1 Å². The molecule has 5 nitrogen and oxygen atoms in total. The summed E-state index contributed by atoms with van der Waals surface area (Å²) in [5.74, 6) is -0.0957. The molecule has 0 fully saturated rings. The SMILES string of the molecule is FC(F)(F)c1cc(-c2ccncc2)nc2ncnn12. The zero-order valence-electron chi connectivity index (χ0n) is 9.33. The van der Waals surface area contributed by atoms with Crippen molar-refractivity contribution in [2.24, 2.45) is 0 Å². The van der Waals surface area contributed by atoms with Crippen LogP contribution in [0.5, 0.6) is 0 Å². The largest absolute Gasteiger partial charge is 0.433 e. The molecule has 96 valence electrons. The Kier molecular flexibility index (Phi) is 2.44. The number of alkyl halides is 3. The zero-order chi connectivity index (χ0) is 13.5. The highest BCUT2D eigenvalue weighted by Crippen LogP contribution is 2.31. The van der Waals surface area contributed by atoms with E-state index in [4.69, 9.17) is 0 Å². The lowest BCUT2D eigenvalue weighted by Crippen LogP contribution is -2.13. The Bertz CT molecular complexity index is 720. The third-order valence-electron chi connectivity index (χ3n) is 2.52. The molecule has 0 amide bonds. The van der Waals surface area contributed by atoms with Gasteiger partial charge in [0.25, 0.3) is 5.78 Å². The first-order valence-electron chi connectivity index (χ1n) is 5.24. The number of nitrogens with zero attached hydrogens (tertiary/aromatic N) is 5. The van der Waals surface area contributed by atoms with Gasteiger partial charge in [0, 0.05) is 18.0 Å². The molecule has 0 bridgehead atoms. The van der Waals surface area contributed by atoms with E-state index in [1.165, 1.54) is 12.4 Å². The van der Waals surface area contributed by atoms with Crippen LogP contribution in [0.4, 0.5) is 13.2 Å². The number of fused-ring (bicyclic) bond motifs is 1. The van der Waals surface area contributed by atoms with Crippen molar-refractivity contribution in [2.45, 2.75) is 6.18 Å². The summed E-state index contributed by atoms with van der Waals surface area (Å²) in [6.45, 7) is 0. The topological polar surface area (TPSA) is 56.0 Å². The molecule has 3 heterocycles. The van der Waals surface area contributed by atoms with Gasteiger partial charge in [-0.25, -0.2) is 4.98 Å². The number of hydrogen-bond acceptors (Lipinski definition) is 4. The summed E-state index contributed by atoms with van der Waals surface area (Å²) >= 11 is 0. The van der Waals surface area contributed by atoms with Gasteiger partial charge in [-0.2, -0.15) is 27.8 Å². The summed E-state index contributed by atoms with van der Waals surface area (Å²) in [7, 11) is 0. The molecule has 0 aromatic carbocycles. The molecule has 0 radical (unpaired) electrons. The standard InChI is InChI=1S/C11H6F3N5/c12-11(13,14)9-5-8(7-1-3-15-4-2-7)18-10-16-6-17-19(9)10/h1-6H. The zero-order valence-corrected chi connectivity index (χ0v) is 9.33. The van der Waals surface area contributed by atoms with E-state index in [9.17, 15) is 13.2 Å². The maximum atomic E-state index is 13.0. The van der Waals surface area contributed by atoms with E-state index in [2.05, 4.69) is 20.1 Å². The average Bonchev–Trinajstić information content (AvgIpc) is 2.85. The molecule has 0 aliphatic rings. The first-order chi connectivity index (χ1) is 9.05. The predicted octanol–water partition coefficient (Wildman–Crippen LogP) is 2.21. The van der Waals surface area contributed by atoms with E-state index >= 15 is 0 Å². The van der Waals surface area contributed by atoms with E-state index in [0.717, 1.165) is 12.4 Å². The summed E-state index contributed by atoms with van der Waals surface area (Å²) in [5.41, 5.74) is -0.206. The van der Waals surface area contributed by atoms with Crippen LogP contribution in [0.25, 0.3) is 17.0 Å². The molecule has 8 heteroatoms. The van der Waals surface area contributed by atoms with Crippen molar-refractivity contribution in [3.05, 3.63) is 42.6 Å². The Morgan fingerprint density at radius 2 is 1.84 bits per heavy atom. The molecule has 0 aliphatic heterocycles. The minimum atomic E-state index is -4.53. The third-order valence-corrected chi connectivity index (χ3v) is 2.52. The molecular weight excluding hydrogens is 259 g/mol. The van der Waals surface area contributed by atoms with Crippen LogP contribution in [-0.4, -0.2) is 24.6 Å². The quantitative estimate of drug-likeness (QED) is 0.677. The molecule has 3 rings (SSSR count). The van der Waals surface area contributed by atoms with Gasteiger partial charge in [0.05, 0.1) is 5.69 Å². The fourth-order valence-corrected chi connectivity index (χ4v) is 1.68. The van der Waals surface area contributed by atoms with Gasteiger partial charge < -0.3 is 0 Å². The Hall–Kier alpha value is -2.51. The van der Waals surface area contributed by atoms with Gasteiger partial charge in [-0.05, 0) is 18.2 Å². The Balaban J connectivity index is 2.28. The first kappa shape index (κ1) is 11.6. The van der Waals surface area contributed by atoms with Gasteiger partial charge in [-0.3, -0.25) is 4.98 Å². The molecule has 0 atom stereocenters. The molecule has 0 aliphatic carbocycles. The smallest absolute Gasteiger partial charge is 0.265 e. The second kappa shape index (κ2) is 4.01. The molecule has 3 aromatic heterocycles. The van der Waals surface area contributed by atoms with Crippen LogP contribution >= 0.6 is 0 Å². The van der Waals surface area contributed by atoms with Crippen LogP contribution in [-0.2, 0) is 6.18 Å². The van der Waals surface area contributed by atoms with Gasteiger partial charge >= 0.3 is 6.18 Å². The normalized spacial score (nSPS) is 11.9. The van der Waals surface area contributed by atoms with Crippen LogP contribution in [0.2, 0.25) is 0 Å². The maximum Gasteiger partial charge on any atom is 0.433 e. The first-order valence-corrected chi connectivity index (χ1v) is 5.24. The highest BCUT2D eigenvalue weighted by molar-refractivity contribution is 5.60. The summed E-state index contributed by atoms with van der Waals surface area (Å²) < 4.78 is 39.6. The van der Waals surface area contributed by atoms with Crippen molar-refractivity contribution in [1.82, 2.24) is 24.6 Å². The lowest BCUT2D eigenvalue weighted by atomic mass is 10.2. The summed E-state index contributed by atoms with van der Waals surface area (Å²) in [5, 5.41) is 3.53. The number of aromatic nitrogens is 5. The predicted molar refractivity (Wildman–Crippen MR) is 59.0 cm³/mol. The van der Waals surface area contributed by atoms with E-state index in [-0.39, 0.29) is 11.5 Å². The van der Waals surface area contributed by atoms with E-state index in [1.807, 2.05) is 0 Å². The second-order valence-electron chi connectivity index (χ2n) is 3.73. The van der Waals surface area contributed by atoms with Gasteiger partial charge in [0.1, 0.15) is 6.33 Å². The maximum absolute atomic E-state index is 13.0. The Labute approximate surface area is 104 Å². The average molecular weight is 265 g/mol. The Morgan fingerprint density at radius 1 is 1.11 bits per heavy atom. The van der Waals surface area contributed by atoms with Crippen LogP contribution in [0.15, 0.2) is 36.9 Å². The molecule has 0 saturated carbocycles. The van der Waals surface area contributed by atoms with Crippen LogP contribution < -0.4 is 0 Å². The number of halogens is 3. The minimum Gasteiger partial charge on any atom is -0.265 e. The minimum absolute atomic E-state index is 0.0957. The fourth-order valence-electron chi connectivity index (χ4n) is 1.68. The number of hydrogen-bond donors (Lipinski definition) is 0. The van der Waals surface area contributed by atoms with Crippen molar-refractivity contribution in [1.29, 1.82) is 0 Å². The van der Waals surface area contributed by atoms with Crippen LogP contribution in [0.1, 0.15) is 5.69 Å². The fraction of sp³-hybridized carbons (Fsp3) is 0.0909. The van der Waals surface area contributed by atoms with Gasteiger partial charge in [-0.15, -0.1) is 0 Å². The van der Waals surface area contributed by atoms with Crippen LogP contribution in [0, 0.1) is 0 Å². The second-order valence-corrected chi connectivity index (χ2v) is 3.73. The van der Waals surface area contributed by atoms with Crippen molar-refractivity contribution >= 4 is 5.78 Å². The monoisotopic (exact) mass is 265 g/mol. The lowest BCUT2D eigenvalue weighted by Gasteiger charge is -2.10. The summed E-state index contributed by atoms with van der Waals surface area (Å²) in [6, 6.07) is 4.10. The van der Waals surface area contributed by atoms with Crippen molar-refractivity contribution in [2.75, 3.05) is 0 Å². The van der Waals surface area contributed by atoms with Crippen LogP contribution in [0.3, 0.4) is 0 Å². The molecule has 0 spiro atoms. The molecule has 0 unspecified atom stereocenters. The highest BCUT2D eigenvalue weighted by atomic mass is 19.4. The van der Waals surface area contributed by atoms with E-state index < -0.39 is 11.9 Å². The highest BCUT2D eigenvalue weighted by Gasteiger charge is 2.35. The summed E-state index contributed by atoms with van der Waals surface area (Å²) in [4.78, 5) is 11.6. The molecule has 0 saturated heterocycles. The van der Waals surface area contributed by atoms with Gasteiger partial charge in [0.2, 0.25) is 0 Å². The Morgan fingerprint density at radius 3 is 2.53 bits per heavy atom. The third kappa shape index (κ3) is 2.01. The molecule has 19 heavy (non-hydrogen) atoms. The van der Waals surface area contributed by atoms with Crippen molar-refractivity contribution < 1.29 is 13.2 Å². The molecule has 3 aromatic rings. The van der Waals surface area contributed by atoms with Crippen molar-refractivity contribution in [3.63, 3.8) is 0 Å². The summed E-state index contributed by atoms with van der Waals surface area (Å²) in [6.07, 6.45) is -0.527. The number of pyridine rings is 1. The lowest BCUT2D eigenvalue weighted by molar-refractivity contribution is -0.142. The molecular formula is C11H6F3N5. The van der Waals surface area contributed by atoms with Crippen molar-refractivity contribution in [3.8, 4) is 11.3 Å². The molecule has 0 N–H and O–H groups in total. The van der Waals surface area contributed by atoms with Gasteiger partial charge in [0.15, 0.2) is 5.69 Å². The van der Waals surface area contributed by atoms with Gasteiger partial charge in [-0.1, -0.05) is 0 Å². The number of rotatable bonds is 1. The van der Waals surface area contributed by atoms with E-state index in [0.29, 0.717) is 10.1 Å².